The quantitative estimate of drug-likeness (QED) is 0.215. The zero-order valence-electron chi connectivity index (χ0n) is 20.8. The number of ether oxygens (including phenoxy) is 3. The molecule has 0 saturated carbocycles. The zero-order valence-corrected chi connectivity index (χ0v) is 21.6. The minimum Gasteiger partial charge on any atom is -0.493 e. The molecule has 1 atom stereocenters. The van der Waals surface area contributed by atoms with Crippen molar-refractivity contribution in [2.45, 2.75) is 13.0 Å². The van der Waals surface area contributed by atoms with Crippen LogP contribution in [0.2, 0.25) is 0 Å². The van der Waals surface area contributed by atoms with Gasteiger partial charge in [-0.15, -0.1) is 0 Å². The van der Waals surface area contributed by atoms with Crippen molar-refractivity contribution in [2.24, 2.45) is 5.10 Å². The highest BCUT2D eigenvalue weighted by molar-refractivity contribution is 7.92. The van der Waals surface area contributed by atoms with Gasteiger partial charge >= 0.3 is 0 Å². The van der Waals surface area contributed by atoms with Gasteiger partial charge in [-0.3, -0.25) is 9.10 Å². The smallest absolute Gasteiger partial charge is 0.263 e. The highest BCUT2D eigenvalue weighted by Crippen LogP contribution is 2.28. The summed E-state index contributed by atoms with van der Waals surface area (Å²) in [5, 5.41) is 3.97. The highest BCUT2D eigenvalue weighted by atomic mass is 32.2. The minimum atomic E-state index is -3.79. The summed E-state index contributed by atoms with van der Waals surface area (Å²) < 4.78 is 42.8. The van der Waals surface area contributed by atoms with E-state index in [1.165, 1.54) is 20.2 Å². The summed E-state index contributed by atoms with van der Waals surface area (Å²) in [6.07, 6.45) is 4.08. The van der Waals surface area contributed by atoms with Crippen molar-refractivity contribution < 1.29 is 27.4 Å². The number of amides is 1. The standard InChI is InChI=1S/C27H29N3O6S/c1-5-17-35-25-16-11-21(18-26(25)34-3)19-28-29-27(31)20(2)30(37(4,32)33)22-12-14-24(15-13-22)36-23-9-7-6-8-10-23/h5-16,18-20H,1,17H2,2-4H3,(H,29,31)/b28-19-/t20-/m0/s1. The topological polar surface area (TPSA) is 107 Å². The first-order valence-corrected chi connectivity index (χ1v) is 13.1. The first-order valence-electron chi connectivity index (χ1n) is 11.3. The van der Waals surface area contributed by atoms with Crippen molar-refractivity contribution in [1.29, 1.82) is 0 Å². The molecule has 37 heavy (non-hydrogen) atoms. The van der Waals surface area contributed by atoms with Gasteiger partial charge in [0.25, 0.3) is 5.91 Å². The first kappa shape index (κ1) is 27.3. The van der Waals surface area contributed by atoms with Gasteiger partial charge in [0.15, 0.2) is 11.5 Å². The number of carbonyl (C=O) groups excluding carboxylic acids is 1. The second kappa shape index (κ2) is 12.6. The van der Waals surface area contributed by atoms with Crippen LogP contribution in [0.4, 0.5) is 5.69 Å². The molecule has 1 amide bonds. The molecule has 0 heterocycles. The molecule has 0 aliphatic heterocycles. The lowest BCUT2D eigenvalue weighted by atomic mass is 10.2. The molecule has 0 aliphatic carbocycles. The number of hydrazone groups is 1. The van der Waals surface area contributed by atoms with Gasteiger partial charge in [0.1, 0.15) is 24.1 Å². The lowest BCUT2D eigenvalue weighted by Gasteiger charge is -2.27. The number of nitrogens with one attached hydrogen (secondary N) is 1. The number of para-hydroxylation sites is 1. The first-order chi connectivity index (χ1) is 17.7. The maximum Gasteiger partial charge on any atom is 0.263 e. The lowest BCUT2D eigenvalue weighted by Crippen LogP contribution is -2.46. The van der Waals surface area contributed by atoms with Crippen LogP contribution in [-0.2, 0) is 14.8 Å². The molecule has 0 unspecified atom stereocenters. The summed E-state index contributed by atoms with van der Waals surface area (Å²) in [7, 11) is -2.28. The number of hydrogen-bond donors (Lipinski definition) is 1. The Labute approximate surface area is 217 Å². The van der Waals surface area contributed by atoms with E-state index in [-0.39, 0.29) is 0 Å². The van der Waals surface area contributed by atoms with Crippen molar-refractivity contribution in [3.63, 3.8) is 0 Å². The Morgan fingerprint density at radius 1 is 1.05 bits per heavy atom. The molecule has 3 aromatic carbocycles. The fourth-order valence-electron chi connectivity index (χ4n) is 3.39. The molecule has 3 rings (SSSR count). The van der Waals surface area contributed by atoms with E-state index in [0.717, 1.165) is 10.6 Å². The third-order valence-corrected chi connectivity index (χ3v) is 6.33. The summed E-state index contributed by atoms with van der Waals surface area (Å²) >= 11 is 0. The third kappa shape index (κ3) is 7.58. The van der Waals surface area contributed by atoms with Gasteiger partial charge < -0.3 is 14.2 Å². The van der Waals surface area contributed by atoms with Gasteiger partial charge in [-0.25, -0.2) is 13.8 Å². The van der Waals surface area contributed by atoms with Crippen molar-refractivity contribution in [2.75, 3.05) is 24.3 Å². The fraction of sp³-hybridized carbons (Fsp3) is 0.185. The number of methoxy groups -OCH3 is 1. The largest absolute Gasteiger partial charge is 0.493 e. The SMILES string of the molecule is C=CCOc1ccc(/C=N\NC(=O)[C@H](C)N(c2ccc(Oc3ccccc3)cc2)S(C)(=O)=O)cc1OC. The van der Waals surface area contributed by atoms with Crippen molar-refractivity contribution >= 4 is 27.8 Å². The van der Waals surface area contributed by atoms with E-state index in [1.54, 1.807) is 48.5 Å². The second-order valence-corrected chi connectivity index (χ2v) is 9.75. The second-order valence-electron chi connectivity index (χ2n) is 7.89. The van der Waals surface area contributed by atoms with Crippen LogP contribution >= 0.6 is 0 Å². The molecule has 194 valence electrons. The molecule has 0 aliphatic rings. The van der Waals surface area contributed by atoms with Crippen LogP contribution in [0.5, 0.6) is 23.0 Å². The Morgan fingerprint density at radius 2 is 1.73 bits per heavy atom. The molecule has 0 bridgehead atoms. The molecule has 0 aromatic heterocycles. The normalized spacial score (nSPS) is 12.0. The van der Waals surface area contributed by atoms with Crippen molar-refractivity contribution in [1.82, 2.24) is 5.43 Å². The van der Waals surface area contributed by atoms with E-state index in [4.69, 9.17) is 14.2 Å². The van der Waals surface area contributed by atoms with Crippen LogP contribution in [0.15, 0.2) is 90.6 Å². The lowest BCUT2D eigenvalue weighted by molar-refractivity contribution is -0.121. The fourth-order valence-corrected chi connectivity index (χ4v) is 4.57. The van der Waals surface area contributed by atoms with Crippen LogP contribution in [-0.4, -0.2) is 46.6 Å². The molecule has 3 aromatic rings. The van der Waals surface area contributed by atoms with E-state index < -0.39 is 22.0 Å². The van der Waals surface area contributed by atoms with Gasteiger partial charge in [-0.2, -0.15) is 5.10 Å². The van der Waals surface area contributed by atoms with Crippen LogP contribution in [0.25, 0.3) is 0 Å². The van der Waals surface area contributed by atoms with Gasteiger partial charge in [0.2, 0.25) is 10.0 Å². The minimum absolute atomic E-state index is 0.314. The summed E-state index contributed by atoms with van der Waals surface area (Å²) in [5.41, 5.74) is 3.36. The molecule has 0 spiro atoms. The Bertz CT molecular complexity index is 1340. The number of sulfonamides is 1. The molecule has 1 N–H and O–H groups in total. The van der Waals surface area contributed by atoms with Crippen LogP contribution in [0.3, 0.4) is 0 Å². The van der Waals surface area contributed by atoms with Crippen LogP contribution in [0, 0.1) is 0 Å². The van der Waals surface area contributed by atoms with E-state index in [1.807, 2.05) is 30.3 Å². The van der Waals surface area contributed by atoms with Crippen molar-refractivity contribution in [3.05, 3.63) is 91.0 Å². The average molecular weight is 524 g/mol. The molecule has 0 radical (unpaired) electrons. The number of anilines is 1. The van der Waals surface area contributed by atoms with Gasteiger partial charge in [-0.1, -0.05) is 30.9 Å². The Hall–Kier alpha value is -4.31. The molecule has 9 nitrogen and oxygen atoms in total. The van der Waals surface area contributed by atoms with E-state index in [0.29, 0.717) is 40.9 Å². The maximum atomic E-state index is 12.8. The summed E-state index contributed by atoms with van der Waals surface area (Å²) in [6.45, 7) is 5.42. The Balaban J connectivity index is 1.70. The van der Waals surface area contributed by atoms with Crippen molar-refractivity contribution in [3.8, 4) is 23.0 Å². The average Bonchev–Trinajstić information content (AvgIpc) is 2.88. The Morgan fingerprint density at radius 3 is 2.35 bits per heavy atom. The maximum absolute atomic E-state index is 12.8. The summed E-state index contributed by atoms with van der Waals surface area (Å²) in [5.74, 6) is 1.61. The number of hydrogen-bond acceptors (Lipinski definition) is 7. The van der Waals surface area contributed by atoms with E-state index >= 15 is 0 Å². The van der Waals surface area contributed by atoms with Gasteiger partial charge in [-0.05, 0) is 67.1 Å². The number of carbonyl (C=O) groups is 1. The molecule has 10 heteroatoms. The number of rotatable bonds is 12. The molecular weight excluding hydrogens is 494 g/mol. The predicted octanol–water partition coefficient (Wildman–Crippen LogP) is 4.36. The van der Waals surface area contributed by atoms with E-state index in [9.17, 15) is 13.2 Å². The van der Waals surface area contributed by atoms with E-state index in [2.05, 4.69) is 17.1 Å². The Kier molecular flexibility index (Phi) is 9.28. The molecule has 0 saturated heterocycles. The monoisotopic (exact) mass is 523 g/mol. The number of benzene rings is 3. The predicted molar refractivity (Wildman–Crippen MR) is 144 cm³/mol. The van der Waals surface area contributed by atoms with Crippen LogP contribution < -0.4 is 23.9 Å². The third-order valence-electron chi connectivity index (χ3n) is 5.09. The molecular formula is C27H29N3O6S. The highest BCUT2D eigenvalue weighted by Gasteiger charge is 2.29. The van der Waals surface area contributed by atoms with Gasteiger partial charge in [0, 0.05) is 0 Å². The van der Waals surface area contributed by atoms with Gasteiger partial charge in [0.05, 0.1) is 25.3 Å². The molecule has 0 fully saturated rings. The number of nitrogens with zero attached hydrogens (tertiary/aromatic N) is 2. The summed E-state index contributed by atoms with van der Waals surface area (Å²) in [6, 6.07) is 19.7. The zero-order chi connectivity index (χ0) is 26.8. The summed E-state index contributed by atoms with van der Waals surface area (Å²) in [4.78, 5) is 12.8. The van der Waals surface area contributed by atoms with Crippen LogP contribution in [0.1, 0.15) is 12.5 Å².